The van der Waals surface area contributed by atoms with Gasteiger partial charge in [0.1, 0.15) is 0 Å². The number of Topliss-reactive ketones (excluding diaryl/α,β-unsaturated/α-hetero) is 1. The molecule has 0 aromatic carbocycles. The van der Waals surface area contributed by atoms with Gasteiger partial charge in [-0.3, -0.25) is 4.79 Å². The molecule has 1 fully saturated rings. The maximum atomic E-state index is 10.5. The molecule has 0 amide bonds. The lowest BCUT2D eigenvalue weighted by atomic mass is 9.98. The van der Waals surface area contributed by atoms with E-state index in [1.54, 1.807) is 0 Å². The van der Waals surface area contributed by atoms with E-state index < -0.39 is 5.60 Å². The molecule has 66 valence electrons. The number of carbonyl (C=O) groups is 1. The maximum Gasteiger partial charge on any atom is 0.202 e. The molecule has 0 heterocycles. The van der Waals surface area contributed by atoms with Crippen LogP contribution < -0.4 is 0 Å². The fourth-order valence-electron chi connectivity index (χ4n) is 1.54. The number of hydrogen-bond donors (Lipinski definition) is 1. The first-order valence-electron chi connectivity index (χ1n) is 4.34. The van der Waals surface area contributed by atoms with E-state index in [-0.39, 0.29) is 5.78 Å². The van der Waals surface area contributed by atoms with Crippen molar-refractivity contribution in [3.05, 3.63) is 0 Å². The predicted molar refractivity (Wildman–Crippen MR) is 46.5 cm³/mol. The van der Waals surface area contributed by atoms with Gasteiger partial charge in [-0.1, -0.05) is 18.8 Å². The number of carbonyl (C=O) groups excluding carboxylic acids is 1. The van der Waals surface area contributed by atoms with Crippen LogP contribution in [-0.2, 0) is 4.79 Å². The van der Waals surface area contributed by atoms with Gasteiger partial charge in [0, 0.05) is 13.3 Å². The lowest BCUT2D eigenvalue weighted by molar-refractivity contribution is -0.111. The summed E-state index contributed by atoms with van der Waals surface area (Å²) in [5.41, 5.74) is -0.595. The summed E-state index contributed by atoms with van der Waals surface area (Å²) in [6.45, 7) is 1.44. The van der Waals surface area contributed by atoms with Crippen LogP contribution in [0.4, 0.5) is 0 Å². The Balaban J connectivity index is 2.41. The summed E-state index contributed by atoms with van der Waals surface area (Å²) < 4.78 is 0. The van der Waals surface area contributed by atoms with Crippen molar-refractivity contribution in [2.24, 2.45) is 0 Å². The number of hydrogen-bond acceptors (Lipinski definition) is 2. The normalized spacial score (nSPS) is 19.8. The molecular weight excluding hydrogens is 152 g/mol. The second kappa shape index (κ2) is 3.73. The van der Waals surface area contributed by atoms with E-state index in [0.717, 1.165) is 25.7 Å². The largest absolute Gasteiger partial charge is 0.389 e. The highest BCUT2D eigenvalue weighted by molar-refractivity contribution is 5.93. The minimum atomic E-state index is -0.595. The molecule has 0 radical (unpaired) electrons. The lowest BCUT2D eigenvalue weighted by Crippen LogP contribution is -2.22. The second-order valence-electron chi connectivity index (χ2n) is 3.47. The van der Waals surface area contributed by atoms with Crippen LogP contribution in [0.25, 0.3) is 0 Å². The van der Waals surface area contributed by atoms with Gasteiger partial charge >= 0.3 is 0 Å². The van der Waals surface area contributed by atoms with E-state index in [1.165, 1.54) is 6.92 Å². The van der Waals surface area contributed by atoms with E-state index in [2.05, 4.69) is 11.8 Å². The van der Waals surface area contributed by atoms with Gasteiger partial charge in [-0.15, -0.1) is 0 Å². The molecule has 1 rings (SSSR count). The van der Waals surface area contributed by atoms with Gasteiger partial charge in [0.2, 0.25) is 5.78 Å². The molecule has 0 atom stereocenters. The topological polar surface area (TPSA) is 37.3 Å². The van der Waals surface area contributed by atoms with Gasteiger partial charge in [0.15, 0.2) is 0 Å². The lowest BCUT2D eigenvalue weighted by Gasteiger charge is -2.17. The average molecular weight is 166 g/mol. The highest BCUT2D eigenvalue weighted by atomic mass is 16.3. The van der Waals surface area contributed by atoms with Crippen molar-refractivity contribution in [3.8, 4) is 11.8 Å². The van der Waals surface area contributed by atoms with Crippen LogP contribution in [-0.4, -0.2) is 16.5 Å². The minimum Gasteiger partial charge on any atom is -0.389 e. The van der Waals surface area contributed by atoms with Gasteiger partial charge in [0.25, 0.3) is 0 Å². The van der Waals surface area contributed by atoms with Crippen LogP contribution >= 0.6 is 0 Å². The number of aliphatic hydroxyl groups is 1. The van der Waals surface area contributed by atoms with E-state index in [9.17, 15) is 9.90 Å². The molecular formula is C10H14O2. The molecule has 2 heteroatoms. The molecule has 0 aromatic rings. The van der Waals surface area contributed by atoms with Gasteiger partial charge in [-0.05, 0) is 18.8 Å². The first-order valence-corrected chi connectivity index (χ1v) is 4.34. The third-order valence-electron chi connectivity index (χ3n) is 2.22. The van der Waals surface area contributed by atoms with Gasteiger partial charge in [-0.25, -0.2) is 0 Å². The quantitative estimate of drug-likeness (QED) is 0.470. The molecule has 0 aliphatic heterocycles. The zero-order valence-corrected chi connectivity index (χ0v) is 7.39. The van der Waals surface area contributed by atoms with Crippen LogP contribution in [0.2, 0.25) is 0 Å². The molecule has 1 aliphatic carbocycles. The SMILES string of the molecule is CC(=O)C#CCC1(O)CCCC1. The van der Waals surface area contributed by atoms with E-state index in [0.29, 0.717) is 6.42 Å². The van der Waals surface area contributed by atoms with Crippen LogP contribution in [0.15, 0.2) is 0 Å². The maximum absolute atomic E-state index is 10.5. The third-order valence-corrected chi connectivity index (χ3v) is 2.22. The Morgan fingerprint density at radius 3 is 2.58 bits per heavy atom. The number of rotatable bonds is 1. The van der Waals surface area contributed by atoms with Crippen molar-refractivity contribution in [2.75, 3.05) is 0 Å². The molecule has 0 aromatic heterocycles. The van der Waals surface area contributed by atoms with Crippen molar-refractivity contribution in [3.63, 3.8) is 0 Å². The first-order chi connectivity index (χ1) is 5.62. The standard InChI is InChI=1S/C10H14O2/c1-9(11)5-4-8-10(12)6-2-3-7-10/h12H,2-3,6-8H2,1H3. The summed E-state index contributed by atoms with van der Waals surface area (Å²) in [5.74, 6) is 5.04. The molecule has 1 saturated carbocycles. The van der Waals surface area contributed by atoms with E-state index >= 15 is 0 Å². The second-order valence-corrected chi connectivity index (χ2v) is 3.47. The van der Waals surface area contributed by atoms with Crippen molar-refractivity contribution < 1.29 is 9.90 Å². The van der Waals surface area contributed by atoms with Crippen molar-refractivity contribution >= 4 is 5.78 Å². The van der Waals surface area contributed by atoms with Crippen LogP contribution in [0.3, 0.4) is 0 Å². The Bertz CT molecular complexity index is 226. The molecule has 1 aliphatic rings. The van der Waals surface area contributed by atoms with Crippen LogP contribution in [0, 0.1) is 11.8 Å². The molecule has 1 N–H and O–H groups in total. The zero-order chi connectivity index (χ0) is 9.03. The Labute approximate surface area is 73.0 Å². The monoisotopic (exact) mass is 166 g/mol. The fraction of sp³-hybridized carbons (Fsp3) is 0.700. The van der Waals surface area contributed by atoms with Crippen molar-refractivity contribution in [2.45, 2.75) is 44.6 Å². The Kier molecular flexibility index (Phi) is 2.88. The van der Waals surface area contributed by atoms with Crippen molar-refractivity contribution in [1.29, 1.82) is 0 Å². The smallest absolute Gasteiger partial charge is 0.202 e. The molecule has 2 nitrogen and oxygen atoms in total. The Morgan fingerprint density at radius 1 is 1.50 bits per heavy atom. The molecule has 0 spiro atoms. The van der Waals surface area contributed by atoms with E-state index in [4.69, 9.17) is 0 Å². The summed E-state index contributed by atoms with van der Waals surface area (Å²) in [4.78, 5) is 10.5. The van der Waals surface area contributed by atoms with Crippen LogP contribution in [0.5, 0.6) is 0 Å². The summed E-state index contributed by atoms with van der Waals surface area (Å²) >= 11 is 0. The first kappa shape index (κ1) is 9.28. The highest BCUT2D eigenvalue weighted by Crippen LogP contribution is 2.31. The summed E-state index contributed by atoms with van der Waals surface area (Å²) in [5, 5.41) is 9.79. The zero-order valence-electron chi connectivity index (χ0n) is 7.39. The summed E-state index contributed by atoms with van der Waals surface area (Å²) in [6, 6.07) is 0. The van der Waals surface area contributed by atoms with Crippen molar-refractivity contribution in [1.82, 2.24) is 0 Å². The van der Waals surface area contributed by atoms with Gasteiger partial charge < -0.3 is 5.11 Å². The Morgan fingerprint density at radius 2 is 2.08 bits per heavy atom. The van der Waals surface area contributed by atoms with Crippen LogP contribution in [0.1, 0.15) is 39.0 Å². The third kappa shape index (κ3) is 2.67. The van der Waals surface area contributed by atoms with Gasteiger partial charge in [0.05, 0.1) is 5.60 Å². The minimum absolute atomic E-state index is 0.128. The predicted octanol–water partition coefficient (Wildman–Crippen LogP) is 1.27. The molecule has 12 heavy (non-hydrogen) atoms. The average Bonchev–Trinajstić information content (AvgIpc) is 2.35. The fourth-order valence-corrected chi connectivity index (χ4v) is 1.54. The molecule has 0 saturated heterocycles. The number of ketones is 1. The molecule has 0 bridgehead atoms. The highest BCUT2D eigenvalue weighted by Gasteiger charge is 2.29. The summed E-state index contributed by atoms with van der Waals surface area (Å²) in [7, 11) is 0. The summed E-state index contributed by atoms with van der Waals surface area (Å²) in [6.07, 6.45) is 4.28. The Hall–Kier alpha value is -0.810. The van der Waals surface area contributed by atoms with Gasteiger partial charge in [-0.2, -0.15) is 0 Å². The molecule has 0 unspecified atom stereocenters. The van der Waals surface area contributed by atoms with E-state index in [1.807, 2.05) is 0 Å².